The molecule has 4 nitrogen and oxygen atoms in total. The minimum absolute atomic E-state index is 0.112. The van der Waals surface area contributed by atoms with Crippen LogP contribution in [0, 0.1) is 12.3 Å². The van der Waals surface area contributed by atoms with Gasteiger partial charge in [-0.3, -0.25) is 4.79 Å². The first-order valence-electron chi connectivity index (χ1n) is 6.01. The zero-order chi connectivity index (χ0) is 12.3. The second kappa shape index (κ2) is 8.40. The Hall–Kier alpha value is -1.76. The molecule has 2 N–H and O–H groups in total. The number of rotatable bonds is 8. The van der Waals surface area contributed by atoms with Crippen LogP contribution in [0.4, 0.5) is 0 Å². The highest BCUT2D eigenvalue weighted by Crippen LogP contribution is 1.99. The van der Waals surface area contributed by atoms with E-state index in [2.05, 4.69) is 21.2 Å². The number of aromatic amines is 1. The van der Waals surface area contributed by atoms with Crippen LogP contribution in [0.15, 0.2) is 12.4 Å². The van der Waals surface area contributed by atoms with Gasteiger partial charge in [0, 0.05) is 38.2 Å². The third-order valence-electron chi connectivity index (χ3n) is 2.44. The van der Waals surface area contributed by atoms with E-state index in [1.165, 1.54) is 0 Å². The molecule has 0 aliphatic rings. The van der Waals surface area contributed by atoms with E-state index in [1.54, 1.807) is 12.4 Å². The van der Waals surface area contributed by atoms with Gasteiger partial charge in [0.2, 0.25) is 5.91 Å². The van der Waals surface area contributed by atoms with Crippen LogP contribution in [-0.2, 0) is 11.2 Å². The number of carbonyl (C=O) groups is 1. The van der Waals surface area contributed by atoms with Crippen molar-refractivity contribution >= 4 is 5.91 Å². The van der Waals surface area contributed by atoms with Gasteiger partial charge in [-0.25, -0.2) is 4.98 Å². The first kappa shape index (κ1) is 13.3. The minimum Gasteiger partial charge on any atom is -0.356 e. The van der Waals surface area contributed by atoms with Gasteiger partial charge in [-0.2, -0.15) is 0 Å². The lowest BCUT2D eigenvalue weighted by Gasteiger charge is -2.03. The van der Waals surface area contributed by atoms with Crippen molar-refractivity contribution < 1.29 is 4.79 Å². The number of nitrogens with zero attached hydrogens (tertiary/aromatic N) is 1. The number of carbonyl (C=O) groups excluding carboxylic acids is 1. The summed E-state index contributed by atoms with van der Waals surface area (Å²) < 4.78 is 0. The van der Waals surface area contributed by atoms with Crippen molar-refractivity contribution in [2.24, 2.45) is 0 Å². The van der Waals surface area contributed by atoms with E-state index in [0.29, 0.717) is 13.0 Å². The summed E-state index contributed by atoms with van der Waals surface area (Å²) in [5.74, 6) is 3.65. The molecule has 1 heterocycles. The first-order valence-corrected chi connectivity index (χ1v) is 6.01. The van der Waals surface area contributed by atoms with Crippen LogP contribution in [0.25, 0.3) is 0 Å². The molecule has 1 aromatic heterocycles. The van der Waals surface area contributed by atoms with Crippen molar-refractivity contribution in [1.29, 1.82) is 0 Å². The molecule has 0 atom stereocenters. The van der Waals surface area contributed by atoms with Gasteiger partial charge in [0.1, 0.15) is 5.82 Å². The smallest absolute Gasteiger partial charge is 0.219 e. The number of nitrogens with one attached hydrogen (secondary N) is 2. The van der Waals surface area contributed by atoms with Crippen LogP contribution >= 0.6 is 0 Å². The van der Waals surface area contributed by atoms with Gasteiger partial charge in [0.15, 0.2) is 0 Å². The standard InChI is InChI=1S/C13H19N3O/c1-2-3-4-5-8-13(17)16-9-6-7-12-14-10-11-15-12/h1,10-11H,3-9H2,(H,14,15)(H,16,17). The molecule has 0 spiro atoms. The summed E-state index contributed by atoms with van der Waals surface area (Å²) in [7, 11) is 0. The van der Waals surface area contributed by atoms with Gasteiger partial charge in [0.05, 0.1) is 0 Å². The number of H-pyrrole nitrogens is 1. The second-order valence-electron chi connectivity index (χ2n) is 3.90. The molecule has 0 aliphatic carbocycles. The van der Waals surface area contributed by atoms with Crippen LogP contribution in [0.1, 0.15) is 37.9 Å². The summed E-state index contributed by atoms with van der Waals surface area (Å²) in [6, 6.07) is 0. The molecule has 0 fully saturated rings. The third-order valence-corrected chi connectivity index (χ3v) is 2.44. The highest BCUT2D eigenvalue weighted by Gasteiger charge is 2.00. The van der Waals surface area contributed by atoms with E-state index in [0.717, 1.165) is 37.9 Å². The maximum atomic E-state index is 11.4. The maximum absolute atomic E-state index is 11.4. The van der Waals surface area contributed by atoms with E-state index >= 15 is 0 Å². The highest BCUT2D eigenvalue weighted by molar-refractivity contribution is 5.75. The monoisotopic (exact) mass is 233 g/mol. The SMILES string of the molecule is C#CCCCCC(=O)NCCCc1ncc[nH]1. The van der Waals surface area contributed by atoms with Crippen LogP contribution < -0.4 is 5.32 Å². The zero-order valence-electron chi connectivity index (χ0n) is 10.0. The molecule has 1 amide bonds. The molecule has 0 unspecified atom stereocenters. The molecule has 0 radical (unpaired) electrons. The number of hydrogen-bond donors (Lipinski definition) is 2. The first-order chi connectivity index (χ1) is 8.33. The minimum atomic E-state index is 0.112. The van der Waals surface area contributed by atoms with E-state index in [9.17, 15) is 4.79 Å². The number of amides is 1. The predicted molar refractivity (Wildman–Crippen MR) is 67.2 cm³/mol. The van der Waals surface area contributed by atoms with E-state index < -0.39 is 0 Å². The molecule has 1 rings (SSSR count). The molecule has 1 aromatic rings. The summed E-state index contributed by atoms with van der Waals surface area (Å²) in [6.07, 6.45) is 13.6. The third kappa shape index (κ3) is 6.41. The average molecular weight is 233 g/mol. The predicted octanol–water partition coefficient (Wildman–Crippen LogP) is 1.65. The quantitative estimate of drug-likeness (QED) is 0.530. The summed E-state index contributed by atoms with van der Waals surface area (Å²) >= 11 is 0. The number of hydrogen-bond acceptors (Lipinski definition) is 2. The van der Waals surface area contributed by atoms with Gasteiger partial charge >= 0.3 is 0 Å². The van der Waals surface area contributed by atoms with Crippen LogP contribution in [-0.4, -0.2) is 22.4 Å². The van der Waals surface area contributed by atoms with Gasteiger partial charge < -0.3 is 10.3 Å². The number of aromatic nitrogens is 2. The Morgan fingerprint density at radius 1 is 1.47 bits per heavy atom. The highest BCUT2D eigenvalue weighted by atomic mass is 16.1. The molecule has 0 bridgehead atoms. The summed E-state index contributed by atoms with van der Waals surface area (Å²) in [4.78, 5) is 18.5. The Morgan fingerprint density at radius 3 is 3.06 bits per heavy atom. The number of unbranched alkanes of at least 4 members (excludes halogenated alkanes) is 2. The fraction of sp³-hybridized carbons (Fsp3) is 0.538. The van der Waals surface area contributed by atoms with E-state index in [-0.39, 0.29) is 5.91 Å². The molecule has 0 saturated carbocycles. The van der Waals surface area contributed by atoms with Crippen molar-refractivity contribution in [3.8, 4) is 12.3 Å². The molecular weight excluding hydrogens is 214 g/mol. The lowest BCUT2D eigenvalue weighted by Crippen LogP contribution is -2.24. The molecule has 4 heteroatoms. The Kier molecular flexibility index (Phi) is 6.57. The Morgan fingerprint density at radius 2 is 2.35 bits per heavy atom. The summed E-state index contributed by atoms with van der Waals surface area (Å²) in [6.45, 7) is 0.703. The van der Waals surface area contributed by atoms with Crippen molar-refractivity contribution in [3.63, 3.8) is 0 Å². The summed E-state index contributed by atoms with van der Waals surface area (Å²) in [5, 5.41) is 2.89. The molecule has 0 aliphatic heterocycles. The largest absolute Gasteiger partial charge is 0.356 e. The van der Waals surface area contributed by atoms with E-state index in [4.69, 9.17) is 6.42 Å². The maximum Gasteiger partial charge on any atom is 0.219 e. The number of imidazole rings is 1. The van der Waals surface area contributed by atoms with Crippen LogP contribution in [0.3, 0.4) is 0 Å². The number of terminal acetylenes is 1. The average Bonchev–Trinajstić information content (AvgIpc) is 2.83. The second-order valence-corrected chi connectivity index (χ2v) is 3.90. The van der Waals surface area contributed by atoms with Gasteiger partial charge in [0.25, 0.3) is 0 Å². The van der Waals surface area contributed by atoms with Crippen molar-refractivity contribution in [3.05, 3.63) is 18.2 Å². The van der Waals surface area contributed by atoms with Crippen molar-refractivity contribution in [2.75, 3.05) is 6.54 Å². The molecule has 0 saturated heterocycles. The lowest BCUT2D eigenvalue weighted by atomic mass is 10.2. The van der Waals surface area contributed by atoms with Crippen LogP contribution in [0.5, 0.6) is 0 Å². The molecule has 92 valence electrons. The van der Waals surface area contributed by atoms with Gasteiger partial charge in [-0.1, -0.05) is 0 Å². The van der Waals surface area contributed by atoms with Gasteiger partial charge in [-0.15, -0.1) is 12.3 Å². The Bertz CT molecular complexity index is 351. The Labute approximate surface area is 102 Å². The zero-order valence-corrected chi connectivity index (χ0v) is 10.0. The Balaban J connectivity index is 1.95. The number of aryl methyl sites for hydroxylation is 1. The topological polar surface area (TPSA) is 57.8 Å². The van der Waals surface area contributed by atoms with Crippen molar-refractivity contribution in [2.45, 2.75) is 38.5 Å². The molecule has 17 heavy (non-hydrogen) atoms. The van der Waals surface area contributed by atoms with Crippen molar-refractivity contribution in [1.82, 2.24) is 15.3 Å². The summed E-state index contributed by atoms with van der Waals surface area (Å²) in [5.41, 5.74) is 0. The fourth-order valence-electron chi connectivity index (χ4n) is 1.52. The normalized spacial score (nSPS) is 9.82. The van der Waals surface area contributed by atoms with E-state index in [1.807, 2.05) is 0 Å². The molecule has 0 aromatic carbocycles. The molecular formula is C13H19N3O. The van der Waals surface area contributed by atoms with Gasteiger partial charge in [-0.05, 0) is 19.3 Å². The fourth-order valence-corrected chi connectivity index (χ4v) is 1.52. The lowest BCUT2D eigenvalue weighted by molar-refractivity contribution is -0.121. The van der Waals surface area contributed by atoms with Crippen LogP contribution in [0.2, 0.25) is 0 Å².